The second-order valence-corrected chi connectivity index (χ2v) is 17.1. The number of rotatable bonds is 8. The Balaban J connectivity index is 0.00000462. The summed E-state index contributed by atoms with van der Waals surface area (Å²) in [7, 11) is 0. The van der Waals surface area contributed by atoms with E-state index in [0.29, 0.717) is 35.2 Å². The van der Waals surface area contributed by atoms with Crippen molar-refractivity contribution in [2.75, 3.05) is 0 Å². The summed E-state index contributed by atoms with van der Waals surface area (Å²) in [6, 6.07) is 38.1. The molecule has 7 heteroatoms. The number of pyridine rings is 3. The van der Waals surface area contributed by atoms with E-state index in [4.69, 9.17) is 14.7 Å². The van der Waals surface area contributed by atoms with Crippen LogP contribution in [0.25, 0.3) is 77.0 Å². The monoisotopic (exact) mass is 964 g/mol. The van der Waals surface area contributed by atoms with Crippen molar-refractivity contribution in [1.82, 2.24) is 23.8 Å². The third-order valence-electron chi connectivity index (χ3n) is 12.1. The van der Waals surface area contributed by atoms with Crippen LogP contribution >= 0.6 is 0 Å². The maximum absolute atomic E-state index is 6.63. The van der Waals surface area contributed by atoms with Gasteiger partial charge in [-0.3, -0.25) is 15.0 Å². The summed E-state index contributed by atoms with van der Waals surface area (Å²) in [4.78, 5) is 14.4. The average molecular weight is 965 g/mol. The minimum absolute atomic E-state index is 0. The molecule has 10 rings (SSSR count). The third-order valence-corrected chi connectivity index (χ3v) is 12.1. The molecule has 0 unspecified atom stereocenters. The second kappa shape index (κ2) is 15.3. The van der Waals surface area contributed by atoms with Crippen molar-refractivity contribution < 1.29 is 25.8 Å². The Kier molecular flexibility index (Phi) is 10.1. The van der Waals surface area contributed by atoms with Gasteiger partial charge in [-0.1, -0.05) is 150 Å². The molecule has 0 saturated heterocycles. The number of ether oxygens (including phenoxy) is 1. The molecule has 0 atom stereocenters. The van der Waals surface area contributed by atoms with Crippen LogP contribution < -0.4 is 4.74 Å². The molecule has 0 bridgehead atoms. The molecule has 0 N–H and O–H groups in total. The fraction of sp³-hybridized carbons (Fsp3) is 0.226. The third kappa shape index (κ3) is 6.30. The molecule has 0 aliphatic carbocycles. The van der Waals surface area contributed by atoms with E-state index in [1.54, 1.807) is 0 Å². The molecule has 0 spiro atoms. The predicted molar refractivity (Wildman–Crippen MR) is 243 cm³/mol. The van der Waals surface area contributed by atoms with E-state index in [1.807, 2.05) is 43.0 Å². The first-order chi connectivity index (χ1) is 28.6. The zero-order valence-electron chi connectivity index (χ0n) is 35.2. The van der Waals surface area contributed by atoms with Crippen molar-refractivity contribution in [1.29, 1.82) is 0 Å². The van der Waals surface area contributed by atoms with Crippen LogP contribution in [0.15, 0.2) is 116 Å². The van der Waals surface area contributed by atoms with E-state index in [2.05, 4.69) is 154 Å². The van der Waals surface area contributed by atoms with E-state index in [1.165, 1.54) is 38.9 Å². The molecule has 300 valence electrons. The molecular weight excluding hydrogens is 918 g/mol. The number of fused-ring (bicyclic) bond motifs is 12. The molecule has 10 aromatic rings. The van der Waals surface area contributed by atoms with Gasteiger partial charge in [0.05, 0.1) is 17.0 Å². The normalized spacial score (nSPS) is 12.1. The van der Waals surface area contributed by atoms with Crippen molar-refractivity contribution in [3.05, 3.63) is 150 Å². The SMILES string of the molecule is CC(C)c1cccc(C(C)C)c1-c1ccc2c3ccc(Oc4[c-]c5c(cc4)c4cnccc4n4ccnc54)[c-]c3c3ncc(-c4c(C(C)C)cccc4C(C)C)n3c2c1.[Pt+2]. The topological polar surface area (TPSA) is 56.7 Å². The van der Waals surface area contributed by atoms with Gasteiger partial charge in [0, 0.05) is 59.1 Å². The molecule has 0 aliphatic heterocycles. The first-order valence-corrected chi connectivity index (χ1v) is 20.9. The summed E-state index contributed by atoms with van der Waals surface area (Å²) in [5.74, 6) is 2.58. The summed E-state index contributed by atoms with van der Waals surface area (Å²) >= 11 is 0. The van der Waals surface area contributed by atoms with Crippen molar-refractivity contribution in [2.24, 2.45) is 0 Å². The number of benzene rings is 5. The van der Waals surface area contributed by atoms with Gasteiger partial charge < -0.3 is 13.5 Å². The Hall–Kier alpha value is -5.84. The van der Waals surface area contributed by atoms with E-state index in [0.717, 1.165) is 60.3 Å². The second-order valence-electron chi connectivity index (χ2n) is 17.1. The van der Waals surface area contributed by atoms with Crippen LogP contribution in [0.1, 0.15) is 101 Å². The van der Waals surface area contributed by atoms with Gasteiger partial charge >= 0.3 is 21.1 Å². The zero-order valence-corrected chi connectivity index (χ0v) is 37.5. The van der Waals surface area contributed by atoms with Crippen molar-refractivity contribution in [3.63, 3.8) is 0 Å². The minimum atomic E-state index is 0. The number of hydrogen-bond donors (Lipinski definition) is 0. The first kappa shape index (κ1) is 39.6. The molecule has 5 aromatic heterocycles. The number of hydrogen-bond acceptors (Lipinski definition) is 4. The van der Waals surface area contributed by atoms with Gasteiger partial charge in [-0.25, -0.2) is 0 Å². The Bertz CT molecular complexity index is 3230. The number of aromatic nitrogens is 5. The maximum atomic E-state index is 6.63. The quantitative estimate of drug-likeness (QED) is 0.112. The first-order valence-electron chi connectivity index (χ1n) is 20.9. The summed E-state index contributed by atoms with van der Waals surface area (Å²) < 4.78 is 11.1. The Morgan fingerprint density at radius 3 is 1.72 bits per heavy atom. The summed E-state index contributed by atoms with van der Waals surface area (Å²) in [5.41, 5.74) is 14.1. The molecule has 0 aliphatic rings. The number of imidazole rings is 2. The Morgan fingerprint density at radius 2 is 1.10 bits per heavy atom. The number of nitrogens with zero attached hydrogens (tertiary/aromatic N) is 5. The maximum Gasteiger partial charge on any atom is 2.00 e. The van der Waals surface area contributed by atoms with Gasteiger partial charge in [0.1, 0.15) is 0 Å². The Morgan fingerprint density at radius 1 is 0.533 bits per heavy atom. The minimum Gasteiger partial charge on any atom is -0.497 e. The van der Waals surface area contributed by atoms with Crippen molar-refractivity contribution in [3.8, 4) is 33.9 Å². The Labute approximate surface area is 365 Å². The van der Waals surface area contributed by atoms with Gasteiger partial charge in [-0.15, -0.1) is 12.1 Å². The fourth-order valence-corrected chi connectivity index (χ4v) is 9.26. The molecule has 0 fully saturated rings. The molecule has 5 aromatic carbocycles. The molecule has 5 heterocycles. The van der Waals surface area contributed by atoms with Crippen LogP contribution in [0.2, 0.25) is 0 Å². The van der Waals surface area contributed by atoms with E-state index >= 15 is 0 Å². The fourth-order valence-electron chi connectivity index (χ4n) is 9.26. The molecule has 0 amide bonds. The zero-order chi connectivity index (χ0) is 40.7. The standard InChI is InChI=1S/C53H47N5O.Pt/c1-30(2)37-11-9-12-38(31(3)4)50(37)34-15-18-43-41-19-16-36(59-35-17-20-42-44(26-35)52-55-23-24-57(52)47-21-22-54-28-46(42)47)27-45(41)53-56-29-49(58(53)48(43)25-34)51-39(32(5)6)13-10-14-40(51)33(7)8;/h9-25,28-33H,1-8H3;/q-2;+2. The van der Waals surface area contributed by atoms with Gasteiger partial charge in [-0.05, 0) is 80.0 Å². The van der Waals surface area contributed by atoms with Crippen LogP contribution in [0, 0.1) is 12.1 Å². The van der Waals surface area contributed by atoms with Crippen molar-refractivity contribution >= 4 is 54.6 Å². The summed E-state index contributed by atoms with van der Waals surface area (Å²) in [5, 5.41) is 6.05. The van der Waals surface area contributed by atoms with Gasteiger partial charge in [-0.2, -0.15) is 0 Å². The van der Waals surface area contributed by atoms with Crippen molar-refractivity contribution in [2.45, 2.75) is 79.1 Å². The van der Waals surface area contributed by atoms with Crippen LogP contribution in [0.5, 0.6) is 11.5 Å². The molecule has 6 nitrogen and oxygen atoms in total. The molecule has 0 saturated carbocycles. The smallest absolute Gasteiger partial charge is 0.497 e. The van der Waals surface area contributed by atoms with Crippen LogP contribution in [0.4, 0.5) is 0 Å². The summed E-state index contributed by atoms with van der Waals surface area (Å²) in [6.45, 7) is 18.3. The summed E-state index contributed by atoms with van der Waals surface area (Å²) in [6.07, 6.45) is 9.58. The van der Waals surface area contributed by atoms with Gasteiger partial charge in [0.15, 0.2) is 0 Å². The van der Waals surface area contributed by atoms with E-state index in [9.17, 15) is 0 Å². The van der Waals surface area contributed by atoms with Crippen LogP contribution in [-0.2, 0) is 21.1 Å². The van der Waals surface area contributed by atoms with E-state index in [-0.39, 0.29) is 21.1 Å². The van der Waals surface area contributed by atoms with Crippen LogP contribution in [0.3, 0.4) is 0 Å². The van der Waals surface area contributed by atoms with E-state index < -0.39 is 0 Å². The average Bonchev–Trinajstić information content (AvgIpc) is 3.92. The molecular formula is C53H47N5OPt. The largest absolute Gasteiger partial charge is 2.00 e. The molecule has 60 heavy (non-hydrogen) atoms. The van der Waals surface area contributed by atoms with Gasteiger partial charge in [0.2, 0.25) is 0 Å². The van der Waals surface area contributed by atoms with Crippen LogP contribution in [-0.4, -0.2) is 23.8 Å². The molecule has 0 radical (unpaired) electrons. The predicted octanol–water partition coefficient (Wildman–Crippen LogP) is 14.2. The van der Waals surface area contributed by atoms with Gasteiger partial charge in [0.25, 0.3) is 0 Å².